The van der Waals surface area contributed by atoms with Crippen LogP contribution in [0.5, 0.6) is 0 Å². The molecular formula is C14H14FN3S. The summed E-state index contributed by atoms with van der Waals surface area (Å²) >= 11 is 1.70. The molecular weight excluding hydrogens is 261 g/mol. The number of nitrogens with zero attached hydrogens (tertiary/aromatic N) is 2. The topological polar surface area (TPSA) is 43.8 Å². The molecule has 0 aliphatic rings. The summed E-state index contributed by atoms with van der Waals surface area (Å²) in [6, 6.07) is 8.87. The van der Waals surface area contributed by atoms with Gasteiger partial charge in [0.1, 0.15) is 5.82 Å². The van der Waals surface area contributed by atoms with Gasteiger partial charge in [-0.3, -0.25) is 0 Å². The molecule has 5 heteroatoms. The maximum atomic E-state index is 13.2. The fourth-order valence-corrected chi connectivity index (χ4v) is 3.31. The Balaban J connectivity index is 2.21. The maximum Gasteiger partial charge on any atom is 0.201 e. The number of hydrogen-bond donors (Lipinski definition) is 1. The van der Waals surface area contributed by atoms with Crippen LogP contribution in [-0.2, 0) is 0 Å². The fourth-order valence-electron chi connectivity index (χ4n) is 2.41. The minimum absolute atomic E-state index is 0.149. The summed E-state index contributed by atoms with van der Waals surface area (Å²) in [5.74, 6) is 0.141. The number of thiophene rings is 1. The van der Waals surface area contributed by atoms with Crippen molar-refractivity contribution in [3.8, 4) is 0 Å². The van der Waals surface area contributed by atoms with Gasteiger partial charge in [-0.05, 0) is 30.0 Å². The molecule has 0 aliphatic heterocycles. The van der Waals surface area contributed by atoms with E-state index in [9.17, 15) is 4.39 Å². The van der Waals surface area contributed by atoms with Gasteiger partial charge >= 0.3 is 0 Å². The molecule has 1 aromatic carbocycles. The number of benzene rings is 1. The van der Waals surface area contributed by atoms with Crippen LogP contribution in [0.1, 0.15) is 24.3 Å². The number of nitrogen functional groups attached to an aromatic ring is 1. The summed E-state index contributed by atoms with van der Waals surface area (Å²) in [7, 11) is 0. The highest BCUT2D eigenvalue weighted by Gasteiger charge is 2.19. The summed E-state index contributed by atoms with van der Waals surface area (Å²) in [5, 5.41) is 2.05. The van der Waals surface area contributed by atoms with Crippen molar-refractivity contribution in [3.05, 3.63) is 46.4 Å². The molecule has 2 aromatic heterocycles. The molecule has 1 atom stereocenters. The van der Waals surface area contributed by atoms with Crippen LogP contribution in [0.2, 0.25) is 0 Å². The molecule has 0 amide bonds. The zero-order valence-electron chi connectivity index (χ0n) is 10.5. The summed E-state index contributed by atoms with van der Waals surface area (Å²) in [6.07, 6.45) is 0.910. The van der Waals surface area contributed by atoms with Crippen LogP contribution in [0, 0.1) is 5.82 Å². The van der Waals surface area contributed by atoms with Gasteiger partial charge in [0, 0.05) is 10.9 Å². The van der Waals surface area contributed by atoms with Gasteiger partial charge in [-0.2, -0.15) is 0 Å². The van der Waals surface area contributed by atoms with Crippen molar-refractivity contribution in [3.63, 3.8) is 0 Å². The van der Waals surface area contributed by atoms with E-state index >= 15 is 0 Å². The van der Waals surface area contributed by atoms with Crippen LogP contribution in [0.3, 0.4) is 0 Å². The van der Waals surface area contributed by atoms with E-state index in [2.05, 4.69) is 18.0 Å². The van der Waals surface area contributed by atoms with Crippen LogP contribution in [0.4, 0.5) is 10.3 Å². The maximum absolute atomic E-state index is 13.2. The smallest absolute Gasteiger partial charge is 0.201 e. The second-order valence-corrected chi connectivity index (χ2v) is 5.39. The molecule has 3 rings (SSSR count). The molecule has 0 radical (unpaired) electrons. The molecule has 98 valence electrons. The molecule has 2 heterocycles. The van der Waals surface area contributed by atoms with E-state index < -0.39 is 0 Å². The van der Waals surface area contributed by atoms with Gasteiger partial charge in [0.15, 0.2) is 0 Å². The molecule has 0 spiro atoms. The molecule has 0 saturated heterocycles. The number of nitrogens with two attached hydrogens (primary N) is 1. The van der Waals surface area contributed by atoms with Crippen LogP contribution in [-0.4, -0.2) is 9.55 Å². The fraction of sp³-hybridized carbons (Fsp3) is 0.214. The average Bonchev–Trinajstić information content (AvgIpc) is 2.99. The Hall–Kier alpha value is -1.88. The van der Waals surface area contributed by atoms with E-state index in [4.69, 9.17) is 5.73 Å². The van der Waals surface area contributed by atoms with Crippen molar-refractivity contribution < 1.29 is 4.39 Å². The first-order valence-electron chi connectivity index (χ1n) is 6.17. The first-order valence-corrected chi connectivity index (χ1v) is 7.05. The Morgan fingerprint density at radius 1 is 1.42 bits per heavy atom. The van der Waals surface area contributed by atoms with Crippen molar-refractivity contribution in [2.24, 2.45) is 0 Å². The normalized spacial score (nSPS) is 12.9. The Morgan fingerprint density at radius 3 is 2.95 bits per heavy atom. The third-order valence-corrected chi connectivity index (χ3v) is 4.22. The van der Waals surface area contributed by atoms with Gasteiger partial charge in [-0.15, -0.1) is 11.3 Å². The molecule has 0 bridgehead atoms. The van der Waals surface area contributed by atoms with E-state index in [1.54, 1.807) is 17.4 Å². The Labute approximate surface area is 114 Å². The van der Waals surface area contributed by atoms with Gasteiger partial charge in [0.2, 0.25) is 5.95 Å². The second kappa shape index (κ2) is 4.66. The van der Waals surface area contributed by atoms with Crippen LogP contribution < -0.4 is 5.73 Å². The number of fused-ring (bicyclic) bond motifs is 1. The van der Waals surface area contributed by atoms with Crippen LogP contribution >= 0.6 is 11.3 Å². The average molecular weight is 275 g/mol. The molecule has 0 saturated carbocycles. The molecule has 1 unspecified atom stereocenters. The van der Waals surface area contributed by atoms with Crippen molar-refractivity contribution in [2.45, 2.75) is 19.4 Å². The molecule has 19 heavy (non-hydrogen) atoms. The second-order valence-electron chi connectivity index (χ2n) is 4.41. The zero-order chi connectivity index (χ0) is 13.4. The highest BCUT2D eigenvalue weighted by molar-refractivity contribution is 7.10. The SMILES string of the molecule is CCC(c1cccs1)n1c(N)nc2cc(F)ccc21. The number of aromatic nitrogens is 2. The first-order chi connectivity index (χ1) is 9.20. The van der Waals surface area contributed by atoms with Crippen molar-refractivity contribution in [1.29, 1.82) is 0 Å². The van der Waals surface area contributed by atoms with Crippen molar-refractivity contribution >= 4 is 28.3 Å². The van der Waals surface area contributed by atoms with Crippen molar-refractivity contribution in [1.82, 2.24) is 9.55 Å². The van der Waals surface area contributed by atoms with Gasteiger partial charge in [-0.25, -0.2) is 9.37 Å². The van der Waals surface area contributed by atoms with Crippen molar-refractivity contribution in [2.75, 3.05) is 5.73 Å². The van der Waals surface area contributed by atoms with Crippen LogP contribution in [0.15, 0.2) is 35.7 Å². The van der Waals surface area contributed by atoms with E-state index in [1.807, 2.05) is 16.0 Å². The predicted molar refractivity (Wildman–Crippen MR) is 76.9 cm³/mol. The van der Waals surface area contributed by atoms with E-state index in [0.717, 1.165) is 11.9 Å². The molecule has 0 fully saturated rings. The molecule has 0 aliphatic carbocycles. The minimum atomic E-state index is -0.290. The monoisotopic (exact) mass is 275 g/mol. The summed E-state index contributed by atoms with van der Waals surface area (Å²) in [5.41, 5.74) is 7.50. The summed E-state index contributed by atoms with van der Waals surface area (Å²) < 4.78 is 15.2. The zero-order valence-corrected chi connectivity index (χ0v) is 11.3. The quantitative estimate of drug-likeness (QED) is 0.789. The first kappa shape index (κ1) is 12.2. The largest absolute Gasteiger partial charge is 0.369 e. The number of anilines is 1. The Kier molecular flexibility index (Phi) is 2.98. The number of halogens is 1. The Morgan fingerprint density at radius 2 is 2.26 bits per heavy atom. The molecule has 3 aromatic rings. The van der Waals surface area contributed by atoms with Gasteiger partial charge < -0.3 is 10.3 Å². The number of hydrogen-bond acceptors (Lipinski definition) is 3. The molecule has 2 N–H and O–H groups in total. The third kappa shape index (κ3) is 2.00. The predicted octanol–water partition coefficient (Wildman–Crippen LogP) is 3.82. The standard InChI is InChI=1S/C14H14FN3S/c1-2-11(13-4-3-7-19-13)18-12-6-5-9(15)8-10(12)17-14(18)16/h3-8,11H,2H2,1H3,(H2,16,17). The van der Waals surface area contributed by atoms with Gasteiger partial charge in [0.05, 0.1) is 17.1 Å². The van der Waals surface area contributed by atoms with E-state index in [1.165, 1.54) is 17.0 Å². The van der Waals surface area contributed by atoms with Gasteiger partial charge in [-0.1, -0.05) is 13.0 Å². The van der Waals surface area contributed by atoms with E-state index in [0.29, 0.717) is 11.5 Å². The van der Waals surface area contributed by atoms with Gasteiger partial charge in [0.25, 0.3) is 0 Å². The lowest BCUT2D eigenvalue weighted by Crippen LogP contribution is -2.11. The highest BCUT2D eigenvalue weighted by Crippen LogP contribution is 2.32. The van der Waals surface area contributed by atoms with E-state index in [-0.39, 0.29) is 11.9 Å². The number of rotatable bonds is 3. The third-order valence-electron chi connectivity index (χ3n) is 3.25. The minimum Gasteiger partial charge on any atom is -0.369 e. The summed E-state index contributed by atoms with van der Waals surface area (Å²) in [4.78, 5) is 5.49. The summed E-state index contributed by atoms with van der Waals surface area (Å²) in [6.45, 7) is 2.11. The lowest BCUT2D eigenvalue weighted by Gasteiger charge is -2.17. The van der Waals surface area contributed by atoms with Crippen LogP contribution in [0.25, 0.3) is 11.0 Å². The highest BCUT2D eigenvalue weighted by atomic mass is 32.1. The molecule has 3 nitrogen and oxygen atoms in total. The Bertz CT molecular complexity index is 703. The lowest BCUT2D eigenvalue weighted by molar-refractivity contribution is 0.598. The lowest BCUT2D eigenvalue weighted by atomic mass is 10.1. The number of imidazole rings is 1.